The Morgan fingerprint density at radius 2 is 1.30 bits per heavy atom. The molecule has 0 unspecified atom stereocenters. The molecular weight excluding hydrogens is 610 g/mol. The molecule has 1 fully saturated rings. The maximum absolute atomic E-state index is 13.8. The van der Waals surface area contributed by atoms with Crippen molar-refractivity contribution in [1.82, 2.24) is 5.32 Å². The highest BCUT2D eigenvalue weighted by Gasteiger charge is 2.47. The minimum Gasteiger partial charge on any atom is -0.507 e. The van der Waals surface area contributed by atoms with E-state index >= 15 is 0 Å². The lowest BCUT2D eigenvalue weighted by Gasteiger charge is -2.42. The molecule has 252 valence electrons. The number of hydrogen-bond acceptors (Lipinski definition) is 11. The number of hydrogen-bond donors (Lipinski definition) is 6. The van der Waals surface area contributed by atoms with Crippen LogP contribution in [0.1, 0.15) is 78.2 Å². The lowest BCUT2D eigenvalue weighted by molar-refractivity contribution is -0.186. The van der Waals surface area contributed by atoms with Gasteiger partial charge in [0.1, 0.15) is 23.5 Å². The number of esters is 1. The minimum atomic E-state index is -1.36. The zero-order chi connectivity index (χ0) is 35.2. The maximum atomic E-state index is 13.8. The third kappa shape index (κ3) is 6.32. The zero-order valence-corrected chi connectivity index (χ0v) is 27.3. The van der Waals surface area contributed by atoms with Gasteiger partial charge in [-0.1, -0.05) is 52.0 Å². The third-order valence-electron chi connectivity index (χ3n) is 9.68. The molecule has 1 aromatic rings. The van der Waals surface area contributed by atoms with Gasteiger partial charge in [-0.15, -0.1) is 0 Å². The van der Waals surface area contributed by atoms with Gasteiger partial charge in [0, 0.05) is 40.9 Å². The Labute approximate surface area is 272 Å². The number of carbonyl (C=O) groups excluding carboxylic acids is 5. The molecule has 1 aromatic carbocycles. The van der Waals surface area contributed by atoms with Gasteiger partial charge in [0.2, 0.25) is 5.78 Å². The number of ether oxygens (including phenoxy) is 1. The maximum Gasteiger partial charge on any atom is 0.315 e. The molecule has 6 bridgehead atoms. The zero-order valence-electron chi connectivity index (χ0n) is 27.3. The molecule has 5 aliphatic heterocycles. The van der Waals surface area contributed by atoms with Crippen molar-refractivity contribution in [2.75, 3.05) is 0 Å². The molecule has 7 rings (SSSR count). The number of rotatable bonds is 0. The summed E-state index contributed by atoms with van der Waals surface area (Å²) in [6, 6.07) is 0. The smallest absolute Gasteiger partial charge is 0.315 e. The predicted octanol–water partition coefficient (Wildman–Crippen LogP) is 2.60. The summed E-state index contributed by atoms with van der Waals surface area (Å²) in [7, 11) is 0. The Bertz CT molecular complexity index is 1670. The van der Waals surface area contributed by atoms with E-state index in [4.69, 9.17) is 4.74 Å². The average molecular weight is 652 g/mol. The number of allylic oxidation sites excluding steroid dienone is 5. The summed E-state index contributed by atoms with van der Waals surface area (Å²) in [5, 5.41) is 57.6. The number of aliphatic hydroxyl groups excluding tert-OH is 3. The Kier molecular flexibility index (Phi) is 10.1. The van der Waals surface area contributed by atoms with Crippen LogP contribution in [0.2, 0.25) is 0 Å². The van der Waals surface area contributed by atoms with Gasteiger partial charge in [-0.2, -0.15) is 0 Å². The quantitative estimate of drug-likeness (QED) is 0.225. The van der Waals surface area contributed by atoms with E-state index < -0.39 is 117 Å². The molecule has 47 heavy (non-hydrogen) atoms. The first-order valence-electron chi connectivity index (χ1n) is 15.4. The van der Waals surface area contributed by atoms with E-state index in [-0.39, 0.29) is 16.7 Å². The van der Waals surface area contributed by atoms with Crippen LogP contribution in [0.5, 0.6) is 11.5 Å². The number of ketones is 3. The van der Waals surface area contributed by atoms with E-state index in [0.717, 1.165) is 12.2 Å². The lowest BCUT2D eigenvalue weighted by atomic mass is 9.75. The van der Waals surface area contributed by atoms with Crippen LogP contribution in [0.4, 0.5) is 0 Å². The minimum absolute atomic E-state index is 0.128. The second-order valence-corrected chi connectivity index (χ2v) is 12.9. The fourth-order valence-electron chi connectivity index (χ4n) is 6.45. The van der Waals surface area contributed by atoms with Crippen LogP contribution in [0.25, 0.3) is 0 Å². The average Bonchev–Trinajstić information content (AvgIpc) is 3.03. The summed E-state index contributed by atoms with van der Waals surface area (Å²) in [5.74, 6) is -9.98. The molecule has 0 saturated carbocycles. The number of aliphatic hydroxyl groups is 3. The first-order valence-corrected chi connectivity index (χ1v) is 15.4. The summed E-state index contributed by atoms with van der Waals surface area (Å²) < 4.78 is 5.70. The SMILES string of the molecule is C/C1=C\C=C\[C@H](C)[C@H](O)[C@@H](C)[C@H](O)[C@@H](C)[C@H]2OC(=O)[C@H](/C=C(\C)C(=O)c3c(O)c(C)c(O)c4c3C(=O)C=C(NC1=O)C4=O)[C@H](O)[C@@H]2C. The molecular formula is C35H41NO11. The highest BCUT2D eigenvalue weighted by molar-refractivity contribution is 6.31. The summed E-state index contributed by atoms with van der Waals surface area (Å²) in [6.45, 7) is 10.6. The lowest BCUT2D eigenvalue weighted by Crippen LogP contribution is -2.53. The van der Waals surface area contributed by atoms with Crippen LogP contribution in [-0.2, 0) is 14.3 Å². The van der Waals surface area contributed by atoms with Crippen molar-refractivity contribution in [2.24, 2.45) is 29.6 Å². The van der Waals surface area contributed by atoms with Crippen LogP contribution in [0.15, 0.2) is 47.2 Å². The van der Waals surface area contributed by atoms with Crippen molar-refractivity contribution in [3.05, 3.63) is 69.5 Å². The van der Waals surface area contributed by atoms with Gasteiger partial charge in [0.25, 0.3) is 5.91 Å². The largest absolute Gasteiger partial charge is 0.507 e. The molecule has 5 heterocycles. The normalized spacial score (nSPS) is 35.3. The first kappa shape index (κ1) is 35.5. The molecule has 12 nitrogen and oxygen atoms in total. The van der Waals surface area contributed by atoms with E-state index in [1.807, 2.05) is 0 Å². The molecule has 1 saturated heterocycles. The van der Waals surface area contributed by atoms with E-state index in [9.17, 15) is 49.5 Å². The third-order valence-corrected chi connectivity index (χ3v) is 9.68. The number of carbonyl (C=O) groups is 5. The van der Waals surface area contributed by atoms with Gasteiger partial charge in [-0.05, 0) is 26.3 Å². The Balaban J connectivity index is 1.88. The van der Waals surface area contributed by atoms with Crippen LogP contribution in [0.3, 0.4) is 0 Å². The van der Waals surface area contributed by atoms with E-state index in [1.54, 1.807) is 33.8 Å². The number of nitrogens with one attached hydrogen (secondary N) is 1. The molecule has 12 heteroatoms. The van der Waals surface area contributed by atoms with Gasteiger partial charge in [-0.3, -0.25) is 24.0 Å². The van der Waals surface area contributed by atoms with Gasteiger partial charge in [0.15, 0.2) is 11.6 Å². The summed E-state index contributed by atoms with van der Waals surface area (Å²) in [6.07, 6.45) is 2.00. The van der Waals surface area contributed by atoms with Crippen LogP contribution >= 0.6 is 0 Å². The topological polar surface area (TPSA) is 208 Å². The molecule has 1 amide bonds. The molecule has 6 aliphatic rings. The van der Waals surface area contributed by atoms with Crippen molar-refractivity contribution >= 4 is 29.2 Å². The highest BCUT2D eigenvalue weighted by Crippen LogP contribution is 2.42. The Morgan fingerprint density at radius 1 is 0.723 bits per heavy atom. The number of phenolic OH excluding ortho intramolecular Hbond substituents is 2. The monoisotopic (exact) mass is 651 g/mol. The molecule has 0 spiro atoms. The molecule has 6 N–H and O–H groups in total. The molecule has 0 radical (unpaired) electrons. The molecule has 0 aromatic heterocycles. The Morgan fingerprint density at radius 3 is 1.91 bits per heavy atom. The van der Waals surface area contributed by atoms with Gasteiger partial charge in [-0.25, -0.2) is 0 Å². The van der Waals surface area contributed by atoms with Crippen LogP contribution in [-0.4, -0.2) is 79.2 Å². The summed E-state index contributed by atoms with van der Waals surface area (Å²) in [4.78, 5) is 66.9. The summed E-state index contributed by atoms with van der Waals surface area (Å²) in [5.41, 5.74) is -2.54. The standard InChI is InChI=1S/C35H41NO11/c1-13-9-8-10-14(2)34(45)36-21-12-22(37)23-24(30(42)17(5)31(43)25(23)32(21)44)27(39)15(3)11-20-29(41)19(7)33(47-35(20)46)18(6)28(40)16(4)26(13)38/h8-13,16,18-20,26,28-29,33,38,40-43H,1-7H3,(H,36,45)/b9-8+,14-10+,15-11+/t13-,16+,18+,19-,20+,26-,28-,29+,33+/m0/s1. The molecule has 9 atom stereocenters. The van der Waals surface area contributed by atoms with Crippen LogP contribution < -0.4 is 5.32 Å². The second kappa shape index (κ2) is 13.4. The Hall–Kier alpha value is -4.39. The van der Waals surface area contributed by atoms with Crippen molar-refractivity contribution in [3.63, 3.8) is 0 Å². The predicted molar refractivity (Wildman–Crippen MR) is 168 cm³/mol. The first-order chi connectivity index (χ1) is 21.9. The van der Waals surface area contributed by atoms with Crippen molar-refractivity contribution in [2.45, 2.75) is 72.9 Å². The van der Waals surface area contributed by atoms with E-state index in [0.29, 0.717) is 0 Å². The van der Waals surface area contributed by atoms with E-state index in [1.165, 1.54) is 32.9 Å². The van der Waals surface area contributed by atoms with Gasteiger partial charge < -0.3 is 35.6 Å². The number of benzene rings is 1. The molecule has 1 aliphatic carbocycles. The van der Waals surface area contributed by atoms with Crippen molar-refractivity contribution < 1.29 is 54.2 Å². The number of aromatic hydroxyl groups is 2. The van der Waals surface area contributed by atoms with Crippen molar-refractivity contribution in [1.29, 1.82) is 0 Å². The highest BCUT2D eigenvalue weighted by atomic mass is 16.6. The second-order valence-electron chi connectivity index (χ2n) is 12.9. The summed E-state index contributed by atoms with van der Waals surface area (Å²) >= 11 is 0. The van der Waals surface area contributed by atoms with Crippen molar-refractivity contribution in [3.8, 4) is 11.5 Å². The fourth-order valence-corrected chi connectivity index (χ4v) is 6.45. The fraction of sp³-hybridized carbons (Fsp3) is 0.457. The number of amides is 1. The number of Topliss-reactive ketones (excluding diaryl/α,β-unsaturated/α-hetero) is 2. The van der Waals surface area contributed by atoms with Gasteiger partial charge >= 0.3 is 5.97 Å². The van der Waals surface area contributed by atoms with E-state index in [2.05, 4.69) is 5.32 Å². The van der Waals surface area contributed by atoms with Gasteiger partial charge in [0.05, 0.1) is 40.7 Å². The van der Waals surface area contributed by atoms with Crippen LogP contribution in [0, 0.1) is 36.5 Å². The number of phenols is 2.